The highest BCUT2D eigenvalue weighted by Crippen LogP contribution is 2.25. The predicted molar refractivity (Wildman–Crippen MR) is 90.1 cm³/mol. The molecule has 2 rings (SSSR count). The molecule has 0 fully saturated rings. The van der Waals surface area contributed by atoms with Crippen molar-refractivity contribution in [1.29, 1.82) is 5.26 Å². The van der Waals surface area contributed by atoms with Crippen LogP contribution in [0.5, 0.6) is 0 Å². The van der Waals surface area contributed by atoms with Gasteiger partial charge in [0, 0.05) is 6.04 Å². The maximum Gasteiger partial charge on any atom is 0.414 e. The maximum atomic E-state index is 12.5. The Morgan fingerprint density at radius 1 is 1.22 bits per heavy atom. The topological polar surface area (TPSA) is 53.3 Å². The van der Waals surface area contributed by atoms with Gasteiger partial charge in [-0.1, -0.05) is 36.4 Å². The average molecular weight is 308 g/mol. The van der Waals surface area contributed by atoms with E-state index in [0.717, 1.165) is 11.1 Å². The van der Waals surface area contributed by atoms with Gasteiger partial charge < -0.3 is 4.74 Å². The molecule has 4 heteroatoms. The summed E-state index contributed by atoms with van der Waals surface area (Å²) in [6.45, 7) is 5.93. The molecule has 0 bridgehead atoms. The summed E-state index contributed by atoms with van der Waals surface area (Å²) in [5.41, 5.74) is 2.95. The standard InChI is InChI=1S/C19H20N2O2/c1-14(2)21(18-11-15(3)9-10-17(18)12-20)19(22)23-13-16-7-5-4-6-8-16/h4-11,14H,13H2,1-3H3. The van der Waals surface area contributed by atoms with Crippen LogP contribution in [0.1, 0.15) is 30.5 Å². The van der Waals surface area contributed by atoms with E-state index in [-0.39, 0.29) is 12.6 Å². The van der Waals surface area contributed by atoms with Crippen LogP contribution < -0.4 is 4.90 Å². The van der Waals surface area contributed by atoms with Crippen molar-refractivity contribution in [2.24, 2.45) is 0 Å². The first-order valence-electron chi connectivity index (χ1n) is 7.53. The van der Waals surface area contributed by atoms with Gasteiger partial charge >= 0.3 is 6.09 Å². The summed E-state index contributed by atoms with van der Waals surface area (Å²) in [6.07, 6.45) is -0.453. The summed E-state index contributed by atoms with van der Waals surface area (Å²) in [4.78, 5) is 14.1. The van der Waals surface area contributed by atoms with E-state index in [1.165, 1.54) is 4.90 Å². The van der Waals surface area contributed by atoms with Gasteiger partial charge in [-0.3, -0.25) is 4.90 Å². The Labute approximate surface area is 136 Å². The molecule has 0 saturated heterocycles. The highest BCUT2D eigenvalue weighted by atomic mass is 16.6. The molecule has 0 N–H and O–H groups in total. The van der Waals surface area contributed by atoms with Gasteiger partial charge in [0.05, 0.1) is 11.3 Å². The third-order valence-electron chi connectivity index (χ3n) is 3.45. The zero-order valence-electron chi connectivity index (χ0n) is 13.6. The molecule has 2 aromatic rings. The molecule has 0 saturated carbocycles. The van der Waals surface area contributed by atoms with Gasteiger partial charge in [-0.2, -0.15) is 5.26 Å². The van der Waals surface area contributed by atoms with Crippen molar-refractivity contribution in [3.63, 3.8) is 0 Å². The number of benzene rings is 2. The van der Waals surface area contributed by atoms with Crippen molar-refractivity contribution in [2.75, 3.05) is 4.90 Å². The molecule has 0 spiro atoms. The molecule has 0 aromatic heterocycles. The summed E-state index contributed by atoms with van der Waals surface area (Å²) in [6, 6.07) is 17.0. The SMILES string of the molecule is Cc1ccc(C#N)c(N(C(=O)OCc2ccccc2)C(C)C)c1. The van der Waals surface area contributed by atoms with Crippen molar-refractivity contribution in [3.05, 3.63) is 65.2 Å². The second-order valence-electron chi connectivity index (χ2n) is 5.64. The Morgan fingerprint density at radius 3 is 2.52 bits per heavy atom. The lowest BCUT2D eigenvalue weighted by Gasteiger charge is -2.27. The first kappa shape index (κ1) is 16.6. The molecule has 4 nitrogen and oxygen atoms in total. The van der Waals surface area contributed by atoms with Crippen molar-refractivity contribution >= 4 is 11.8 Å². The molecule has 0 atom stereocenters. The van der Waals surface area contributed by atoms with E-state index in [1.807, 2.05) is 63.2 Å². The third-order valence-corrected chi connectivity index (χ3v) is 3.45. The minimum absolute atomic E-state index is 0.118. The van der Waals surface area contributed by atoms with Crippen LogP contribution in [0, 0.1) is 18.3 Å². The van der Waals surface area contributed by atoms with Crippen molar-refractivity contribution < 1.29 is 9.53 Å². The third kappa shape index (κ3) is 4.10. The monoisotopic (exact) mass is 308 g/mol. The highest BCUT2D eigenvalue weighted by molar-refractivity contribution is 5.90. The van der Waals surface area contributed by atoms with Crippen LogP contribution in [0.25, 0.3) is 0 Å². The molecular weight excluding hydrogens is 288 g/mol. The predicted octanol–water partition coefficient (Wildman–Crippen LogP) is 4.42. The van der Waals surface area contributed by atoms with Crippen molar-refractivity contribution in [3.8, 4) is 6.07 Å². The Kier molecular flexibility index (Phi) is 5.37. The molecule has 0 unspecified atom stereocenters. The normalized spacial score (nSPS) is 10.2. The van der Waals surface area contributed by atoms with Crippen LogP contribution in [-0.2, 0) is 11.3 Å². The molecule has 0 aliphatic rings. The van der Waals surface area contributed by atoms with E-state index < -0.39 is 6.09 Å². The van der Waals surface area contributed by atoms with Crippen molar-refractivity contribution in [2.45, 2.75) is 33.4 Å². The Balaban J connectivity index is 2.23. The zero-order chi connectivity index (χ0) is 16.8. The molecule has 0 heterocycles. The number of ether oxygens (including phenoxy) is 1. The van der Waals surface area contributed by atoms with E-state index in [0.29, 0.717) is 11.3 Å². The Morgan fingerprint density at radius 2 is 1.91 bits per heavy atom. The Bertz CT molecular complexity index is 718. The molecule has 1 amide bonds. The number of rotatable bonds is 4. The maximum absolute atomic E-state index is 12.5. The number of amides is 1. The smallest absolute Gasteiger partial charge is 0.414 e. The minimum Gasteiger partial charge on any atom is -0.444 e. The summed E-state index contributed by atoms with van der Waals surface area (Å²) in [7, 11) is 0. The molecule has 2 aromatic carbocycles. The van der Waals surface area contributed by atoms with E-state index in [4.69, 9.17) is 4.74 Å². The lowest BCUT2D eigenvalue weighted by atomic mass is 10.1. The van der Waals surface area contributed by atoms with Crippen LogP contribution in [0.2, 0.25) is 0 Å². The Hall–Kier alpha value is -2.80. The summed E-state index contributed by atoms with van der Waals surface area (Å²) < 4.78 is 5.42. The first-order chi connectivity index (χ1) is 11.0. The largest absolute Gasteiger partial charge is 0.444 e. The molecule has 23 heavy (non-hydrogen) atoms. The van der Waals surface area contributed by atoms with Crippen LogP contribution in [0.15, 0.2) is 48.5 Å². The molecule has 118 valence electrons. The number of nitriles is 1. The molecule has 0 aliphatic carbocycles. The van der Waals surface area contributed by atoms with E-state index in [2.05, 4.69) is 6.07 Å². The zero-order valence-corrected chi connectivity index (χ0v) is 13.6. The lowest BCUT2D eigenvalue weighted by Crippen LogP contribution is -2.38. The summed E-state index contributed by atoms with van der Waals surface area (Å²) >= 11 is 0. The van der Waals surface area contributed by atoms with Gasteiger partial charge in [0.15, 0.2) is 0 Å². The number of carbonyl (C=O) groups is 1. The number of aryl methyl sites for hydroxylation is 1. The number of hydrogen-bond acceptors (Lipinski definition) is 3. The quantitative estimate of drug-likeness (QED) is 0.840. The second kappa shape index (κ2) is 7.46. The fraction of sp³-hybridized carbons (Fsp3) is 0.263. The summed E-state index contributed by atoms with van der Waals surface area (Å²) in [5, 5.41) is 9.30. The number of carbonyl (C=O) groups excluding carboxylic acids is 1. The first-order valence-corrected chi connectivity index (χ1v) is 7.53. The van der Waals surface area contributed by atoms with E-state index >= 15 is 0 Å². The van der Waals surface area contributed by atoms with Gasteiger partial charge in [0.1, 0.15) is 12.7 Å². The van der Waals surface area contributed by atoms with Gasteiger partial charge in [0.25, 0.3) is 0 Å². The van der Waals surface area contributed by atoms with E-state index in [9.17, 15) is 10.1 Å². The van der Waals surface area contributed by atoms with Gasteiger partial charge in [0.2, 0.25) is 0 Å². The molecule has 0 radical (unpaired) electrons. The van der Waals surface area contributed by atoms with Crippen molar-refractivity contribution in [1.82, 2.24) is 0 Å². The molecule has 0 aliphatic heterocycles. The number of nitrogens with zero attached hydrogens (tertiary/aromatic N) is 2. The highest BCUT2D eigenvalue weighted by Gasteiger charge is 2.23. The van der Waals surface area contributed by atoms with Crippen LogP contribution >= 0.6 is 0 Å². The fourth-order valence-electron chi connectivity index (χ4n) is 2.31. The minimum atomic E-state index is -0.453. The number of hydrogen-bond donors (Lipinski definition) is 0. The second-order valence-corrected chi connectivity index (χ2v) is 5.64. The average Bonchev–Trinajstić information content (AvgIpc) is 2.54. The lowest BCUT2D eigenvalue weighted by molar-refractivity contribution is 0.145. The van der Waals surface area contributed by atoms with Gasteiger partial charge in [-0.25, -0.2) is 4.79 Å². The number of anilines is 1. The van der Waals surface area contributed by atoms with E-state index in [1.54, 1.807) is 6.07 Å². The fourth-order valence-corrected chi connectivity index (χ4v) is 2.31. The summed E-state index contributed by atoms with van der Waals surface area (Å²) in [5.74, 6) is 0. The van der Waals surface area contributed by atoms with Gasteiger partial charge in [-0.15, -0.1) is 0 Å². The van der Waals surface area contributed by atoms with Crippen LogP contribution in [0.4, 0.5) is 10.5 Å². The van der Waals surface area contributed by atoms with Gasteiger partial charge in [-0.05, 0) is 44.0 Å². The van der Waals surface area contributed by atoms with Crippen LogP contribution in [0.3, 0.4) is 0 Å². The molecular formula is C19H20N2O2. The van der Waals surface area contributed by atoms with Crippen LogP contribution in [-0.4, -0.2) is 12.1 Å².